The summed E-state index contributed by atoms with van der Waals surface area (Å²) in [6, 6.07) is 1.11. The van der Waals surface area contributed by atoms with Gasteiger partial charge in [-0.3, -0.25) is 20.0 Å². The van der Waals surface area contributed by atoms with Gasteiger partial charge in [-0.15, -0.1) is 0 Å². The topological polar surface area (TPSA) is 61.6 Å². The number of nitrogens with two attached hydrogens (primary N) is 1. The number of nitrogens with one attached hydrogen (secondary N) is 1. The van der Waals surface area contributed by atoms with E-state index >= 15 is 0 Å². The highest BCUT2D eigenvalue weighted by Gasteiger charge is 2.34. The van der Waals surface area contributed by atoms with Gasteiger partial charge in [-0.1, -0.05) is 0 Å². The molecule has 0 spiro atoms. The number of hydrogen-bond acceptors (Lipinski definition) is 4. The fraction of sp³-hybridized carbons (Fsp3) is 0.900. The van der Waals surface area contributed by atoms with Gasteiger partial charge in [0, 0.05) is 25.2 Å². The molecule has 2 fully saturated rings. The Morgan fingerprint density at radius 1 is 1.53 bits per heavy atom. The predicted molar refractivity (Wildman–Crippen MR) is 58.0 cm³/mol. The molecule has 0 aromatic rings. The van der Waals surface area contributed by atoms with Crippen molar-refractivity contribution in [2.45, 2.75) is 31.8 Å². The van der Waals surface area contributed by atoms with Crippen LogP contribution in [0.3, 0.4) is 0 Å². The molecule has 86 valence electrons. The lowest BCUT2D eigenvalue weighted by Gasteiger charge is -2.41. The van der Waals surface area contributed by atoms with Crippen molar-refractivity contribution in [3.8, 4) is 0 Å². The summed E-state index contributed by atoms with van der Waals surface area (Å²) in [5, 5.41) is 0. The van der Waals surface area contributed by atoms with Crippen LogP contribution in [-0.2, 0) is 4.79 Å². The number of hydrogen-bond donors (Lipinski definition) is 2. The first-order valence-corrected chi connectivity index (χ1v) is 5.68. The molecule has 2 aliphatic heterocycles. The molecule has 15 heavy (non-hydrogen) atoms. The molecule has 0 aromatic heterocycles. The lowest BCUT2D eigenvalue weighted by Crippen LogP contribution is -2.57. The summed E-state index contributed by atoms with van der Waals surface area (Å²) < 4.78 is 0. The molecule has 5 heteroatoms. The van der Waals surface area contributed by atoms with Gasteiger partial charge in [0.2, 0.25) is 5.91 Å². The Bertz CT molecular complexity index is 246. The van der Waals surface area contributed by atoms with E-state index in [-0.39, 0.29) is 5.91 Å². The van der Waals surface area contributed by atoms with E-state index < -0.39 is 0 Å². The normalized spacial score (nSPS) is 32.7. The van der Waals surface area contributed by atoms with Gasteiger partial charge in [0.25, 0.3) is 0 Å². The first kappa shape index (κ1) is 10.9. The molecule has 5 nitrogen and oxygen atoms in total. The van der Waals surface area contributed by atoms with Gasteiger partial charge in [-0.2, -0.15) is 0 Å². The van der Waals surface area contributed by atoms with Crippen molar-refractivity contribution >= 4 is 5.91 Å². The predicted octanol–water partition coefficient (Wildman–Crippen LogP) is -0.855. The van der Waals surface area contributed by atoms with Crippen molar-refractivity contribution in [3.63, 3.8) is 0 Å². The molecule has 2 unspecified atom stereocenters. The van der Waals surface area contributed by atoms with Crippen LogP contribution in [0.1, 0.15) is 19.8 Å². The lowest BCUT2D eigenvalue weighted by molar-refractivity contribution is -0.123. The average molecular weight is 212 g/mol. The first-order chi connectivity index (χ1) is 7.20. The standard InChI is InChI=1S/C10H20N4O/c1-8-5-13-4-2-3-9(13)6-14(8)7-10(15)12-11/h8-9H,2-7,11H2,1H3,(H,12,15). The molecule has 2 heterocycles. The lowest BCUT2D eigenvalue weighted by atomic mass is 10.1. The van der Waals surface area contributed by atoms with Crippen LogP contribution in [0.4, 0.5) is 0 Å². The zero-order valence-electron chi connectivity index (χ0n) is 9.28. The fourth-order valence-corrected chi connectivity index (χ4v) is 2.70. The van der Waals surface area contributed by atoms with Crippen LogP contribution in [0, 0.1) is 0 Å². The van der Waals surface area contributed by atoms with E-state index in [1.54, 1.807) is 0 Å². The number of amides is 1. The summed E-state index contributed by atoms with van der Waals surface area (Å²) in [6.07, 6.45) is 2.57. The molecule has 2 rings (SSSR count). The second-order valence-electron chi connectivity index (χ2n) is 4.64. The van der Waals surface area contributed by atoms with E-state index in [0.717, 1.165) is 13.1 Å². The molecule has 2 aliphatic rings. The van der Waals surface area contributed by atoms with Crippen molar-refractivity contribution in [2.24, 2.45) is 5.84 Å². The molecule has 2 saturated heterocycles. The van der Waals surface area contributed by atoms with Crippen molar-refractivity contribution in [3.05, 3.63) is 0 Å². The summed E-state index contributed by atoms with van der Waals surface area (Å²) >= 11 is 0. The monoisotopic (exact) mass is 212 g/mol. The third kappa shape index (κ3) is 2.30. The zero-order chi connectivity index (χ0) is 10.8. The zero-order valence-corrected chi connectivity index (χ0v) is 9.28. The van der Waals surface area contributed by atoms with Crippen LogP contribution in [0.2, 0.25) is 0 Å². The molecule has 0 aromatic carbocycles. The quantitative estimate of drug-likeness (QED) is 0.355. The number of carbonyl (C=O) groups is 1. The van der Waals surface area contributed by atoms with Gasteiger partial charge in [-0.25, -0.2) is 5.84 Å². The summed E-state index contributed by atoms with van der Waals surface area (Å²) in [6.45, 7) is 5.93. The van der Waals surface area contributed by atoms with Crippen LogP contribution in [0.15, 0.2) is 0 Å². The van der Waals surface area contributed by atoms with Crippen LogP contribution in [-0.4, -0.2) is 54.0 Å². The van der Waals surface area contributed by atoms with Gasteiger partial charge < -0.3 is 0 Å². The highest BCUT2D eigenvalue weighted by atomic mass is 16.2. The Kier molecular flexibility index (Phi) is 3.23. The maximum absolute atomic E-state index is 11.2. The maximum Gasteiger partial charge on any atom is 0.248 e. The van der Waals surface area contributed by atoms with E-state index in [0.29, 0.717) is 18.6 Å². The molecule has 0 aliphatic carbocycles. The number of hydrazine groups is 1. The molecular formula is C10H20N4O. The Balaban J connectivity index is 1.92. The SMILES string of the molecule is CC1CN2CCCC2CN1CC(=O)NN. The number of nitrogens with zero attached hydrogens (tertiary/aromatic N) is 2. The Morgan fingerprint density at radius 2 is 2.33 bits per heavy atom. The average Bonchev–Trinajstić information content (AvgIpc) is 2.65. The third-order valence-corrected chi connectivity index (χ3v) is 3.57. The number of carbonyl (C=O) groups excluding carboxylic acids is 1. The molecule has 0 bridgehead atoms. The summed E-state index contributed by atoms with van der Waals surface area (Å²) in [5.41, 5.74) is 2.20. The van der Waals surface area contributed by atoms with Crippen LogP contribution in [0.5, 0.6) is 0 Å². The smallest absolute Gasteiger partial charge is 0.248 e. The summed E-state index contributed by atoms with van der Waals surface area (Å²) in [4.78, 5) is 16.0. The largest absolute Gasteiger partial charge is 0.298 e. The molecule has 0 radical (unpaired) electrons. The molecule has 1 amide bonds. The molecule has 3 N–H and O–H groups in total. The molecular weight excluding hydrogens is 192 g/mol. The Labute approximate surface area is 90.6 Å². The van der Waals surface area contributed by atoms with Crippen LogP contribution >= 0.6 is 0 Å². The van der Waals surface area contributed by atoms with E-state index in [1.807, 2.05) is 0 Å². The molecule has 0 saturated carbocycles. The van der Waals surface area contributed by atoms with Crippen molar-refractivity contribution in [2.75, 3.05) is 26.2 Å². The first-order valence-electron chi connectivity index (χ1n) is 5.68. The van der Waals surface area contributed by atoms with Gasteiger partial charge in [0.05, 0.1) is 6.54 Å². The van der Waals surface area contributed by atoms with E-state index in [1.165, 1.54) is 19.4 Å². The second kappa shape index (κ2) is 4.47. The number of rotatable bonds is 2. The highest BCUT2D eigenvalue weighted by Crippen LogP contribution is 2.24. The minimum Gasteiger partial charge on any atom is -0.298 e. The van der Waals surface area contributed by atoms with Crippen molar-refractivity contribution in [1.82, 2.24) is 15.2 Å². The van der Waals surface area contributed by atoms with E-state index in [4.69, 9.17) is 5.84 Å². The third-order valence-electron chi connectivity index (χ3n) is 3.57. The van der Waals surface area contributed by atoms with Gasteiger partial charge >= 0.3 is 0 Å². The van der Waals surface area contributed by atoms with Crippen LogP contribution < -0.4 is 11.3 Å². The van der Waals surface area contributed by atoms with E-state index in [9.17, 15) is 4.79 Å². The Hall–Kier alpha value is -0.650. The van der Waals surface area contributed by atoms with Gasteiger partial charge in [0.1, 0.15) is 0 Å². The van der Waals surface area contributed by atoms with Crippen LogP contribution in [0.25, 0.3) is 0 Å². The van der Waals surface area contributed by atoms with Crippen molar-refractivity contribution in [1.29, 1.82) is 0 Å². The number of fused-ring (bicyclic) bond motifs is 1. The summed E-state index contributed by atoms with van der Waals surface area (Å²) in [5.74, 6) is 5.02. The maximum atomic E-state index is 11.2. The van der Waals surface area contributed by atoms with Gasteiger partial charge in [-0.05, 0) is 26.3 Å². The van der Waals surface area contributed by atoms with Gasteiger partial charge in [0.15, 0.2) is 0 Å². The van der Waals surface area contributed by atoms with E-state index in [2.05, 4.69) is 22.1 Å². The minimum absolute atomic E-state index is 0.0895. The molecule has 2 atom stereocenters. The highest BCUT2D eigenvalue weighted by molar-refractivity contribution is 5.77. The van der Waals surface area contributed by atoms with Crippen molar-refractivity contribution < 1.29 is 4.79 Å². The summed E-state index contributed by atoms with van der Waals surface area (Å²) in [7, 11) is 0. The fourth-order valence-electron chi connectivity index (χ4n) is 2.70. The second-order valence-corrected chi connectivity index (χ2v) is 4.64. The number of piperazine rings is 1. The minimum atomic E-state index is -0.0895. The Morgan fingerprint density at radius 3 is 3.07 bits per heavy atom.